The summed E-state index contributed by atoms with van der Waals surface area (Å²) in [5.41, 5.74) is 5.42. The van der Waals surface area contributed by atoms with Crippen LogP contribution in [0.1, 0.15) is 6.92 Å². The van der Waals surface area contributed by atoms with E-state index < -0.39 is 5.82 Å². The molecule has 1 aromatic carbocycles. The van der Waals surface area contributed by atoms with E-state index in [1.165, 1.54) is 12.1 Å². The van der Waals surface area contributed by atoms with Crippen molar-refractivity contribution in [3.63, 3.8) is 0 Å². The Kier molecular flexibility index (Phi) is 2.91. The number of benzene rings is 1. The number of nitrogen functional groups attached to an aromatic ring is 1. The number of hydrogen-bond donors (Lipinski definition) is 1. The van der Waals surface area contributed by atoms with Gasteiger partial charge in [0.2, 0.25) is 0 Å². The van der Waals surface area contributed by atoms with Crippen molar-refractivity contribution in [1.82, 2.24) is 0 Å². The Labute approximate surface area is 71.1 Å². The molecule has 0 saturated heterocycles. The average Bonchev–Trinajstić information content (AvgIpc) is 2.07. The second-order valence-corrected chi connectivity index (χ2v) is 2.40. The van der Waals surface area contributed by atoms with Crippen LogP contribution >= 0.6 is 0 Å². The molecule has 1 radical (unpaired) electrons. The summed E-state index contributed by atoms with van der Waals surface area (Å²) in [6.07, 6.45) is 1.84. The van der Waals surface area contributed by atoms with Gasteiger partial charge in [0.15, 0.2) is 0 Å². The second-order valence-electron chi connectivity index (χ2n) is 2.40. The minimum Gasteiger partial charge on any atom is -0.493 e. The van der Waals surface area contributed by atoms with Crippen molar-refractivity contribution in [3.05, 3.63) is 30.4 Å². The second kappa shape index (κ2) is 3.95. The predicted molar refractivity (Wildman–Crippen MR) is 46.3 cm³/mol. The summed E-state index contributed by atoms with van der Waals surface area (Å²) in [6, 6.07) is 4.40. The molecule has 0 aliphatic carbocycles. The zero-order valence-corrected chi connectivity index (χ0v) is 6.88. The van der Waals surface area contributed by atoms with Crippen molar-refractivity contribution in [2.75, 3.05) is 12.3 Å². The summed E-state index contributed by atoms with van der Waals surface area (Å²) in [5, 5.41) is 0. The fourth-order valence-corrected chi connectivity index (χ4v) is 0.777. The van der Waals surface area contributed by atoms with Crippen molar-refractivity contribution < 1.29 is 9.13 Å². The molecule has 2 N–H and O–H groups in total. The van der Waals surface area contributed by atoms with Crippen LogP contribution in [0.5, 0.6) is 5.75 Å². The highest BCUT2D eigenvalue weighted by Crippen LogP contribution is 2.17. The zero-order valence-electron chi connectivity index (χ0n) is 6.88. The zero-order chi connectivity index (χ0) is 8.97. The van der Waals surface area contributed by atoms with E-state index in [1.807, 2.05) is 13.3 Å². The number of anilines is 1. The molecule has 0 heterocycles. The lowest BCUT2D eigenvalue weighted by atomic mass is 10.3. The van der Waals surface area contributed by atoms with Crippen LogP contribution in [-0.2, 0) is 0 Å². The normalized spacial score (nSPS) is 9.83. The topological polar surface area (TPSA) is 35.2 Å². The van der Waals surface area contributed by atoms with Crippen LogP contribution in [0.3, 0.4) is 0 Å². The molecule has 0 unspecified atom stereocenters. The molecule has 0 fully saturated rings. The lowest BCUT2D eigenvalue weighted by molar-refractivity contribution is 0.347. The van der Waals surface area contributed by atoms with Gasteiger partial charge in [-0.1, -0.05) is 6.92 Å². The van der Waals surface area contributed by atoms with Gasteiger partial charge in [-0.3, -0.25) is 0 Å². The monoisotopic (exact) mass is 168 g/mol. The van der Waals surface area contributed by atoms with Gasteiger partial charge in [0.25, 0.3) is 0 Å². The Morgan fingerprint density at radius 2 is 2.33 bits per heavy atom. The van der Waals surface area contributed by atoms with Crippen LogP contribution < -0.4 is 10.5 Å². The minimum absolute atomic E-state index is 0.142. The van der Waals surface area contributed by atoms with Gasteiger partial charge in [0, 0.05) is 6.07 Å². The van der Waals surface area contributed by atoms with Crippen LogP contribution in [-0.4, -0.2) is 6.61 Å². The molecule has 0 aromatic heterocycles. The van der Waals surface area contributed by atoms with Gasteiger partial charge >= 0.3 is 0 Å². The van der Waals surface area contributed by atoms with E-state index in [2.05, 4.69) is 0 Å². The molecular weight excluding hydrogens is 157 g/mol. The number of hydrogen-bond acceptors (Lipinski definition) is 2. The summed E-state index contributed by atoms with van der Waals surface area (Å²) >= 11 is 0. The highest BCUT2D eigenvalue weighted by Gasteiger charge is 1.99. The Morgan fingerprint density at radius 1 is 1.58 bits per heavy atom. The molecule has 0 aliphatic heterocycles. The molecule has 0 amide bonds. The van der Waals surface area contributed by atoms with Crippen molar-refractivity contribution in [2.45, 2.75) is 6.92 Å². The third-order valence-electron chi connectivity index (χ3n) is 1.39. The molecule has 2 nitrogen and oxygen atoms in total. The number of halogens is 1. The lowest BCUT2D eigenvalue weighted by Gasteiger charge is -2.04. The summed E-state index contributed by atoms with van der Waals surface area (Å²) in [4.78, 5) is 0. The van der Waals surface area contributed by atoms with Crippen molar-refractivity contribution >= 4 is 5.69 Å². The number of rotatable bonds is 3. The van der Waals surface area contributed by atoms with E-state index in [9.17, 15) is 4.39 Å². The van der Waals surface area contributed by atoms with E-state index in [-0.39, 0.29) is 5.69 Å². The van der Waals surface area contributed by atoms with Crippen LogP contribution in [0.4, 0.5) is 10.1 Å². The van der Waals surface area contributed by atoms with Gasteiger partial charge < -0.3 is 10.5 Å². The minimum atomic E-state index is -0.441. The third kappa shape index (κ3) is 2.12. The van der Waals surface area contributed by atoms with Crippen molar-refractivity contribution in [2.24, 2.45) is 0 Å². The fourth-order valence-electron chi connectivity index (χ4n) is 0.777. The van der Waals surface area contributed by atoms with Crippen molar-refractivity contribution in [1.29, 1.82) is 0 Å². The molecular formula is C9H11FNO. The third-order valence-corrected chi connectivity index (χ3v) is 1.39. The van der Waals surface area contributed by atoms with Gasteiger partial charge in [0.1, 0.15) is 11.6 Å². The average molecular weight is 168 g/mol. The van der Waals surface area contributed by atoms with Gasteiger partial charge in [-0.05, 0) is 18.6 Å². The van der Waals surface area contributed by atoms with E-state index >= 15 is 0 Å². The Hall–Kier alpha value is -1.25. The first-order valence-electron chi connectivity index (χ1n) is 3.69. The van der Waals surface area contributed by atoms with E-state index in [4.69, 9.17) is 10.5 Å². The SMILES string of the molecule is C[CH]COc1ccc(N)c(F)c1. The largest absolute Gasteiger partial charge is 0.493 e. The van der Waals surface area contributed by atoms with E-state index in [0.717, 1.165) is 0 Å². The maximum atomic E-state index is 12.8. The van der Waals surface area contributed by atoms with Gasteiger partial charge in [-0.25, -0.2) is 4.39 Å². The summed E-state index contributed by atoms with van der Waals surface area (Å²) in [5.74, 6) is 0.0587. The number of nitrogens with two attached hydrogens (primary N) is 1. The Morgan fingerprint density at radius 3 is 2.92 bits per heavy atom. The molecule has 0 spiro atoms. The van der Waals surface area contributed by atoms with Crippen LogP contribution in [0.15, 0.2) is 18.2 Å². The molecule has 0 aliphatic rings. The molecule has 1 aromatic rings. The maximum Gasteiger partial charge on any atom is 0.149 e. The number of ether oxygens (including phenoxy) is 1. The van der Waals surface area contributed by atoms with Gasteiger partial charge in [-0.2, -0.15) is 0 Å². The Bertz CT molecular complexity index is 263. The fraction of sp³-hybridized carbons (Fsp3) is 0.222. The molecule has 65 valence electrons. The maximum absolute atomic E-state index is 12.8. The summed E-state index contributed by atoms with van der Waals surface area (Å²) in [7, 11) is 0. The Balaban J connectivity index is 2.69. The predicted octanol–water partition coefficient (Wildman–Crippen LogP) is 2.01. The molecule has 0 bridgehead atoms. The first-order valence-corrected chi connectivity index (χ1v) is 3.69. The van der Waals surface area contributed by atoms with Crippen LogP contribution in [0.2, 0.25) is 0 Å². The first-order chi connectivity index (χ1) is 5.74. The quantitative estimate of drug-likeness (QED) is 0.700. The first kappa shape index (κ1) is 8.84. The van der Waals surface area contributed by atoms with Crippen molar-refractivity contribution in [3.8, 4) is 5.75 Å². The smallest absolute Gasteiger partial charge is 0.149 e. The van der Waals surface area contributed by atoms with E-state index in [1.54, 1.807) is 6.07 Å². The van der Waals surface area contributed by atoms with E-state index in [0.29, 0.717) is 12.4 Å². The summed E-state index contributed by atoms with van der Waals surface area (Å²) < 4.78 is 17.9. The molecule has 0 saturated carbocycles. The molecule has 0 atom stereocenters. The standard InChI is InChI=1S/C9H11FNO/c1-2-5-12-7-3-4-9(11)8(10)6-7/h2-4,6H,5,11H2,1H3. The molecule has 12 heavy (non-hydrogen) atoms. The van der Waals surface area contributed by atoms with Crippen LogP contribution in [0, 0.1) is 12.2 Å². The molecule has 3 heteroatoms. The molecule has 1 rings (SSSR count). The highest BCUT2D eigenvalue weighted by atomic mass is 19.1. The van der Waals surface area contributed by atoms with Gasteiger partial charge in [-0.15, -0.1) is 0 Å². The lowest BCUT2D eigenvalue weighted by Crippen LogP contribution is -1.97. The van der Waals surface area contributed by atoms with Gasteiger partial charge in [0.05, 0.1) is 12.3 Å². The van der Waals surface area contributed by atoms with Crippen LogP contribution in [0.25, 0.3) is 0 Å². The summed E-state index contributed by atoms with van der Waals surface area (Å²) in [6.45, 7) is 2.34. The highest BCUT2D eigenvalue weighted by molar-refractivity contribution is 5.43.